The van der Waals surface area contributed by atoms with E-state index >= 15 is 0 Å². The SMILES string of the molecule is CCC(C)CCC1CNCCC1C. The van der Waals surface area contributed by atoms with E-state index in [0.717, 1.165) is 17.8 Å². The van der Waals surface area contributed by atoms with E-state index < -0.39 is 0 Å². The summed E-state index contributed by atoms with van der Waals surface area (Å²) in [5.41, 5.74) is 0. The molecule has 1 nitrogen and oxygen atoms in total. The largest absolute Gasteiger partial charge is 0.316 e. The van der Waals surface area contributed by atoms with E-state index in [1.54, 1.807) is 0 Å². The smallest absolute Gasteiger partial charge is 0.00180 e. The molecule has 0 saturated carbocycles. The van der Waals surface area contributed by atoms with Crippen molar-refractivity contribution in [2.24, 2.45) is 17.8 Å². The van der Waals surface area contributed by atoms with Crippen LogP contribution in [0.3, 0.4) is 0 Å². The Morgan fingerprint density at radius 3 is 2.85 bits per heavy atom. The standard InChI is InChI=1S/C12H25N/c1-4-10(2)5-6-12-9-13-8-7-11(12)3/h10-13H,4-9H2,1-3H3. The van der Waals surface area contributed by atoms with Crippen LogP contribution >= 0.6 is 0 Å². The Morgan fingerprint density at radius 1 is 1.46 bits per heavy atom. The summed E-state index contributed by atoms with van der Waals surface area (Å²) in [7, 11) is 0. The van der Waals surface area contributed by atoms with Crippen LogP contribution in [0.15, 0.2) is 0 Å². The minimum Gasteiger partial charge on any atom is -0.316 e. The third-order valence-electron chi connectivity index (χ3n) is 3.71. The van der Waals surface area contributed by atoms with Crippen LogP contribution in [0.5, 0.6) is 0 Å². The van der Waals surface area contributed by atoms with Crippen molar-refractivity contribution in [1.82, 2.24) is 5.32 Å². The minimum atomic E-state index is 0.925. The van der Waals surface area contributed by atoms with Crippen LogP contribution in [0, 0.1) is 17.8 Å². The normalized spacial score (nSPS) is 31.6. The van der Waals surface area contributed by atoms with Crippen LogP contribution in [0.1, 0.15) is 46.5 Å². The summed E-state index contributed by atoms with van der Waals surface area (Å²) < 4.78 is 0. The van der Waals surface area contributed by atoms with Crippen molar-refractivity contribution in [3.05, 3.63) is 0 Å². The van der Waals surface area contributed by atoms with Gasteiger partial charge < -0.3 is 5.32 Å². The first kappa shape index (κ1) is 11.0. The molecule has 1 heteroatoms. The minimum absolute atomic E-state index is 0.925. The molecule has 0 aliphatic carbocycles. The lowest BCUT2D eigenvalue weighted by Gasteiger charge is -2.30. The zero-order valence-electron chi connectivity index (χ0n) is 9.47. The van der Waals surface area contributed by atoms with Crippen molar-refractivity contribution in [1.29, 1.82) is 0 Å². The van der Waals surface area contributed by atoms with E-state index in [4.69, 9.17) is 0 Å². The third kappa shape index (κ3) is 3.68. The second kappa shape index (κ2) is 5.64. The average molecular weight is 183 g/mol. The molecule has 1 N–H and O–H groups in total. The molecular weight excluding hydrogens is 158 g/mol. The van der Waals surface area contributed by atoms with Gasteiger partial charge in [-0.1, -0.05) is 33.6 Å². The van der Waals surface area contributed by atoms with E-state index in [9.17, 15) is 0 Å². The molecule has 1 saturated heterocycles. The van der Waals surface area contributed by atoms with Gasteiger partial charge in [-0.2, -0.15) is 0 Å². The Balaban J connectivity index is 2.18. The van der Waals surface area contributed by atoms with Gasteiger partial charge in [-0.3, -0.25) is 0 Å². The van der Waals surface area contributed by atoms with E-state index in [2.05, 4.69) is 26.1 Å². The second-order valence-electron chi connectivity index (χ2n) is 4.82. The topological polar surface area (TPSA) is 12.0 Å². The molecule has 1 heterocycles. The van der Waals surface area contributed by atoms with Gasteiger partial charge >= 0.3 is 0 Å². The van der Waals surface area contributed by atoms with Crippen LogP contribution in [0.25, 0.3) is 0 Å². The zero-order chi connectivity index (χ0) is 9.68. The van der Waals surface area contributed by atoms with Crippen molar-refractivity contribution in [3.63, 3.8) is 0 Å². The predicted molar refractivity (Wildman–Crippen MR) is 58.8 cm³/mol. The van der Waals surface area contributed by atoms with Crippen molar-refractivity contribution in [2.45, 2.75) is 46.5 Å². The van der Waals surface area contributed by atoms with Crippen molar-refractivity contribution in [2.75, 3.05) is 13.1 Å². The molecule has 0 bridgehead atoms. The Hall–Kier alpha value is -0.0400. The summed E-state index contributed by atoms with van der Waals surface area (Å²) in [6, 6.07) is 0. The van der Waals surface area contributed by atoms with Gasteiger partial charge in [0.25, 0.3) is 0 Å². The van der Waals surface area contributed by atoms with Gasteiger partial charge in [-0.25, -0.2) is 0 Å². The number of nitrogens with one attached hydrogen (secondary N) is 1. The molecule has 1 rings (SSSR count). The lowest BCUT2D eigenvalue weighted by Crippen LogP contribution is -2.35. The Labute approximate surface area is 83.3 Å². The molecule has 78 valence electrons. The van der Waals surface area contributed by atoms with Crippen LogP contribution in [-0.4, -0.2) is 13.1 Å². The van der Waals surface area contributed by atoms with Gasteiger partial charge in [0.2, 0.25) is 0 Å². The molecule has 3 atom stereocenters. The summed E-state index contributed by atoms with van der Waals surface area (Å²) >= 11 is 0. The lowest BCUT2D eigenvalue weighted by molar-refractivity contribution is 0.243. The maximum atomic E-state index is 3.51. The maximum Gasteiger partial charge on any atom is -0.00180 e. The summed E-state index contributed by atoms with van der Waals surface area (Å²) in [5, 5.41) is 3.51. The van der Waals surface area contributed by atoms with Gasteiger partial charge in [0, 0.05) is 0 Å². The molecule has 0 aromatic carbocycles. The molecule has 3 unspecified atom stereocenters. The van der Waals surface area contributed by atoms with Gasteiger partial charge in [-0.05, 0) is 43.7 Å². The second-order valence-corrected chi connectivity index (χ2v) is 4.82. The van der Waals surface area contributed by atoms with Crippen LogP contribution < -0.4 is 5.32 Å². The van der Waals surface area contributed by atoms with E-state index in [1.807, 2.05) is 0 Å². The van der Waals surface area contributed by atoms with Gasteiger partial charge in [0.05, 0.1) is 0 Å². The summed E-state index contributed by atoms with van der Waals surface area (Å²) in [6.07, 6.45) is 5.58. The number of hydrogen-bond donors (Lipinski definition) is 1. The monoisotopic (exact) mass is 183 g/mol. The molecule has 1 aliphatic heterocycles. The molecular formula is C12H25N. The summed E-state index contributed by atoms with van der Waals surface area (Å²) in [5.74, 6) is 2.82. The molecule has 0 spiro atoms. The van der Waals surface area contributed by atoms with E-state index in [1.165, 1.54) is 38.8 Å². The first-order chi connectivity index (χ1) is 6.24. The fraction of sp³-hybridized carbons (Fsp3) is 1.00. The van der Waals surface area contributed by atoms with Crippen molar-refractivity contribution in [3.8, 4) is 0 Å². The highest BCUT2D eigenvalue weighted by Crippen LogP contribution is 2.25. The Kier molecular flexibility index (Phi) is 4.79. The Morgan fingerprint density at radius 2 is 2.23 bits per heavy atom. The Bertz CT molecular complexity index is 133. The zero-order valence-corrected chi connectivity index (χ0v) is 9.47. The molecule has 13 heavy (non-hydrogen) atoms. The van der Waals surface area contributed by atoms with Crippen LogP contribution in [-0.2, 0) is 0 Å². The van der Waals surface area contributed by atoms with Crippen molar-refractivity contribution >= 4 is 0 Å². The quantitative estimate of drug-likeness (QED) is 0.706. The highest BCUT2D eigenvalue weighted by atomic mass is 14.9. The fourth-order valence-corrected chi connectivity index (χ4v) is 2.14. The first-order valence-corrected chi connectivity index (χ1v) is 5.94. The highest BCUT2D eigenvalue weighted by Gasteiger charge is 2.20. The number of rotatable bonds is 4. The number of piperidine rings is 1. The molecule has 1 aliphatic rings. The van der Waals surface area contributed by atoms with Gasteiger partial charge in [-0.15, -0.1) is 0 Å². The number of hydrogen-bond acceptors (Lipinski definition) is 1. The van der Waals surface area contributed by atoms with E-state index in [-0.39, 0.29) is 0 Å². The third-order valence-corrected chi connectivity index (χ3v) is 3.71. The molecule has 1 fully saturated rings. The van der Waals surface area contributed by atoms with Crippen LogP contribution in [0.2, 0.25) is 0 Å². The lowest BCUT2D eigenvalue weighted by atomic mass is 9.83. The summed E-state index contributed by atoms with van der Waals surface area (Å²) in [6.45, 7) is 9.59. The average Bonchev–Trinajstić information content (AvgIpc) is 2.16. The van der Waals surface area contributed by atoms with Crippen molar-refractivity contribution < 1.29 is 0 Å². The summed E-state index contributed by atoms with van der Waals surface area (Å²) in [4.78, 5) is 0. The molecule has 0 aromatic heterocycles. The first-order valence-electron chi connectivity index (χ1n) is 5.94. The maximum absolute atomic E-state index is 3.51. The van der Waals surface area contributed by atoms with E-state index in [0.29, 0.717) is 0 Å². The highest BCUT2D eigenvalue weighted by molar-refractivity contribution is 4.75. The molecule has 0 aromatic rings. The van der Waals surface area contributed by atoms with Crippen LogP contribution in [0.4, 0.5) is 0 Å². The fourth-order valence-electron chi connectivity index (χ4n) is 2.14. The molecule has 0 radical (unpaired) electrons. The van der Waals surface area contributed by atoms with Gasteiger partial charge in [0.15, 0.2) is 0 Å². The predicted octanol–water partition coefficient (Wildman–Crippen LogP) is 3.06. The molecule has 0 amide bonds. The van der Waals surface area contributed by atoms with Gasteiger partial charge in [0.1, 0.15) is 0 Å².